The highest BCUT2D eigenvalue weighted by molar-refractivity contribution is 5.98. The molecule has 1 saturated heterocycles. The summed E-state index contributed by atoms with van der Waals surface area (Å²) in [6.45, 7) is 6.40. The number of halogens is 2. The van der Waals surface area contributed by atoms with E-state index in [0.717, 1.165) is 0 Å². The molecular weight excluding hydrogens is 410 g/mol. The molecule has 2 amide bonds. The Balaban J connectivity index is 2.25. The fraction of sp³-hybridized carbons (Fsp3) is 0.619. The zero-order valence-electron chi connectivity index (χ0n) is 18.4. The highest BCUT2D eigenvalue weighted by Crippen LogP contribution is 2.33. The fourth-order valence-electron chi connectivity index (χ4n) is 3.44. The minimum atomic E-state index is -3.09. The van der Waals surface area contributed by atoms with Crippen LogP contribution in [0.4, 0.5) is 20.2 Å². The second-order valence-corrected chi connectivity index (χ2v) is 8.49. The first-order valence-electron chi connectivity index (χ1n) is 10.2. The molecule has 1 aliphatic heterocycles. The van der Waals surface area contributed by atoms with Gasteiger partial charge in [0.25, 0.3) is 5.91 Å². The zero-order chi connectivity index (χ0) is 23.2. The summed E-state index contributed by atoms with van der Waals surface area (Å²) in [5.74, 6) is -0.982. The number of carbonyl (C=O) groups excluding carboxylic acids is 2. The SMILES string of the molecule is CCN(CC(C)(C)C)[C@H](C[NH-])C(=O)Nc1ccc(N2CCOCC2=O)c(OC(F)F)c1. The Morgan fingerprint density at radius 2 is 2.10 bits per heavy atom. The van der Waals surface area contributed by atoms with Crippen LogP contribution in [0.2, 0.25) is 0 Å². The van der Waals surface area contributed by atoms with E-state index in [2.05, 4.69) is 10.1 Å². The number of morpholine rings is 1. The van der Waals surface area contributed by atoms with E-state index in [1.54, 1.807) is 0 Å². The average Bonchev–Trinajstić information content (AvgIpc) is 2.67. The van der Waals surface area contributed by atoms with Crippen molar-refractivity contribution in [1.29, 1.82) is 0 Å². The molecule has 174 valence electrons. The molecule has 0 aromatic heterocycles. The predicted octanol–water partition coefficient (Wildman–Crippen LogP) is 3.38. The number of likely N-dealkylation sites (N-methyl/N-ethyl adjacent to an activating group) is 1. The van der Waals surface area contributed by atoms with Crippen LogP contribution < -0.4 is 15.0 Å². The predicted molar refractivity (Wildman–Crippen MR) is 115 cm³/mol. The number of benzene rings is 1. The van der Waals surface area contributed by atoms with Gasteiger partial charge in [-0.05, 0) is 24.1 Å². The highest BCUT2D eigenvalue weighted by Gasteiger charge is 2.27. The Morgan fingerprint density at radius 1 is 1.39 bits per heavy atom. The monoisotopic (exact) mass is 441 g/mol. The molecular formula is C21H31F2N4O4-. The van der Waals surface area contributed by atoms with Gasteiger partial charge in [-0.2, -0.15) is 8.78 Å². The smallest absolute Gasteiger partial charge is 0.387 e. The summed E-state index contributed by atoms with van der Waals surface area (Å²) in [4.78, 5) is 28.2. The van der Waals surface area contributed by atoms with E-state index in [0.29, 0.717) is 13.1 Å². The number of amides is 2. The summed E-state index contributed by atoms with van der Waals surface area (Å²) < 4.78 is 35.7. The lowest BCUT2D eigenvalue weighted by Crippen LogP contribution is -2.48. The number of nitrogens with one attached hydrogen (secondary N) is 2. The van der Waals surface area contributed by atoms with Crippen LogP contribution in [0.1, 0.15) is 27.7 Å². The lowest BCUT2D eigenvalue weighted by atomic mass is 9.95. The summed E-state index contributed by atoms with van der Waals surface area (Å²) in [6.07, 6.45) is 0. The van der Waals surface area contributed by atoms with Gasteiger partial charge in [-0.25, -0.2) is 0 Å². The molecule has 8 nitrogen and oxygen atoms in total. The van der Waals surface area contributed by atoms with Crippen molar-refractivity contribution in [3.8, 4) is 5.75 Å². The van der Waals surface area contributed by atoms with Crippen molar-refractivity contribution in [3.05, 3.63) is 23.9 Å². The van der Waals surface area contributed by atoms with E-state index in [4.69, 9.17) is 10.5 Å². The molecule has 0 radical (unpaired) electrons. The van der Waals surface area contributed by atoms with Crippen LogP contribution in [0.3, 0.4) is 0 Å². The number of rotatable bonds is 9. The third-order valence-corrected chi connectivity index (χ3v) is 4.74. The van der Waals surface area contributed by atoms with Crippen molar-refractivity contribution in [2.75, 3.05) is 49.6 Å². The number of nitrogens with zero attached hydrogens (tertiary/aromatic N) is 2. The van der Waals surface area contributed by atoms with Gasteiger partial charge in [0.05, 0.1) is 18.3 Å². The summed E-state index contributed by atoms with van der Waals surface area (Å²) in [5.41, 5.74) is 8.21. The van der Waals surface area contributed by atoms with Gasteiger partial charge in [-0.1, -0.05) is 27.7 Å². The number of carbonyl (C=O) groups is 2. The van der Waals surface area contributed by atoms with Gasteiger partial charge >= 0.3 is 6.61 Å². The normalized spacial score (nSPS) is 16.0. The first-order valence-corrected chi connectivity index (χ1v) is 10.2. The van der Waals surface area contributed by atoms with Crippen molar-refractivity contribution >= 4 is 23.2 Å². The molecule has 2 rings (SSSR count). The maximum absolute atomic E-state index is 13.0. The van der Waals surface area contributed by atoms with Crippen molar-refractivity contribution in [1.82, 2.24) is 4.90 Å². The van der Waals surface area contributed by atoms with Gasteiger partial charge in [0.2, 0.25) is 5.91 Å². The second kappa shape index (κ2) is 10.8. The quantitative estimate of drug-likeness (QED) is 0.634. The molecule has 0 aliphatic carbocycles. The summed E-state index contributed by atoms with van der Waals surface area (Å²) in [6, 6.07) is 3.56. The molecule has 0 spiro atoms. The molecule has 1 fully saturated rings. The molecule has 1 aromatic carbocycles. The van der Waals surface area contributed by atoms with Crippen LogP contribution in [0.15, 0.2) is 18.2 Å². The van der Waals surface area contributed by atoms with E-state index in [1.807, 2.05) is 32.6 Å². The van der Waals surface area contributed by atoms with Crippen molar-refractivity contribution in [2.24, 2.45) is 5.41 Å². The molecule has 31 heavy (non-hydrogen) atoms. The Bertz CT molecular complexity index is 770. The maximum Gasteiger partial charge on any atom is 0.387 e. The van der Waals surface area contributed by atoms with Crippen LogP contribution in [0.5, 0.6) is 5.75 Å². The Hall–Kier alpha value is -2.30. The molecule has 1 heterocycles. The molecule has 1 aliphatic rings. The molecule has 10 heteroatoms. The Morgan fingerprint density at radius 3 is 2.65 bits per heavy atom. The Kier molecular flexibility index (Phi) is 8.72. The van der Waals surface area contributed by atoms with Crippen molar-refractivity contribution < 1.29 is 27.8 Å². The van der Waals surface area contributed by atoms with E-state index in [9.17, 15) is 18.4 Å². The Labute approximate surface area is 181 Å². The third-order valence-electron chi connectivity index (χ3n) is 4.74. The maximum atomic E-state index is 13.0. The van der Waals surface area contributed by atoms with Gasteiger partial charge < -0.3 is 25.4 Å². The summed E-state index contributed by atoms with van der Waals surface area (Å²) >= 11 is 0. The van der Waals surface area contributed by atoms with Crippen LogP contribution in [-0.4, -0.2) is 68.8 Å². The lowest BCUT2D eigenvalue weighted by Gasteiger charge is -2.36. The fourth-order valence-corrected chi connectivity index (χ4v) is 3.44. The molecule has 1 atom stereocenters. The highest BCUT2D eigenvalue weighted by atomic mass is 19.3. The molecule has 2 N–H and O–H groups in total. The lowest BCUT2D eigenvalue weighted by molar-refractivity contribution is -0.126. The first kappa shape index (κ1) is 25.0. The standard InChI is InChI=1S/C21H31F2N4O4/c1-5-26(13-21(2,3)4)16(11-24)19(29)25-14-6-7-15(17(10-14)31-20(22)23)27-8-9-30-12-18(27)28/h6-7,10,16,20,24H,5,8-9,11-13H2,1-4H3,(H,25,29)/q-1/t16-/m1/s1. The van der Waals surface area contributed by atoms with Crippen molar-refractivity contribution in [2.45, 2.75) is 40.3 Å². The summed E-state index contributed by atoms with van der Waals surface area (Å²) in [5, 5.41) is 2.69. The minimum absolute atomic E-state index is 0.0612. The number of hydrogen-bond acceptors (Lipinski definition) is 5. The number of hydrogen-bond donors (Lipinski definition) is 1. The number of ether oxygens (including phenoxy) is 2. The third kappa shape index (κ3) is 7.12. The van der Waals surface area contributed by atoms with Crippen LogP contribution >= 0.6 is 0 Å². The van der Waals surface area contributed by atoms with E-state index < -0.39 is 18.6 Å². The summed E-state index contributed by atoms with van der Waals surface area (Å²) in [7, 11) is 0. The molecule has 0 bridgehead atoms. The van der Waals surface area contributed by atoms with Gasteiger partial charge in [0.1, 0.15) is 6.61 Å². The topological polar surface area (TPSA) is 94.9 Å². The minimum Gasteiger partial charge on any atom is -0.676 e. The molecule has 0 saturated carbocycles. The van der Waals surface area contributed by atoms with E-state index >= 15 is 0 Å². The van der Waals surface area contributed by atoms with Crippen LogP contribution in [-0.2, 0) is 14.3 Å². The number of alkyl halides is 2. The van der Waals surface area contributed by atoms with Gasteiger partial charge in [-0.3, -0.25) is 14.5 Å². The van der Waals surface area contributed by atoms with Gasteiger partial charge in [-0.15, -0.1) is 6.54 Å². The van der Waals surface area contributed by atoms with Crippen molar-refractivity contribution in [3.63, 3.8) is 0 Å². The second-order valence-electron chi connectivity index (χ2n) is 8.49. The van der Waals surface area contributed by atoms with Crippen LogP contribution in [0.25, 0.3) is 5.73 Å². The first-order chi connectivity index (χ1) is 14.6. The average molecular weight is 441 g/mol. The van der Waals surface area contributed by atoms with E-state index in [1.165, 1.54) is 23.1 Å². The van der Waals surface area contributed by atoms with Gasteiger partial charge in [0.15, 0.2) is 5.75 Å². The number of anilines is 2. The van der Waals surface area contributed by atoms with Crippen LogP contribution in [0, 0.1) is 5.41 Å². The van der Waals surface area contributed by atoms with Gasteiger partial charge in [0, 0.05) is 24.8 Å². The molecule has 1 aromatic rings. The van der Waals surface area contributed by atoms with E-state index in [-0.39, 0.29) is 54.7 Å². The largest absolute Gasteiger partial charge is 0.676 e. The molecule has 0 unspecified atom stereocenters. The zero-order valence-corrected chi connectivity index (χ0v) is 18.4.